The minimum Gasteiger partial charge on any atom is -0.472 e. The second-order valence-corrected chi connectivity index (χ2v) is 8.71. The third-order valence-corrected chi connectivity index (χ3v) is 6.36. The second-order valence-electron chi connectivity index (χ2n) is 6.79. The van der Waals surface area contributed by atoms with Crippen LogP contribution in [0.5, 0.6) is 5.88 Å². The number of aromatic nitrogens is 4. The maximum Gasteiger partial charge on any atom is 0.347 e. The summed E-state index contributed by atoms with van der Waals surface area (Å²) in [6, 6.07) is 8.39. The van der Waals surface area contributed by atoms with Gasteiger partial charge in [0.25, 0.3) is 0 Å². The van der Waals surface area contributed by atoms with Gasteiger partial charge in [-0.2, -0.15) is 11.8 Å². The molecule has 5 rings (SSSR count). The number of fused-ring (bicyclic) bond motifs is 1. The molecular formula is C22H20Cl2N4O3S. The number of hydrogen-bond acceptors (Lipinski definition) is 7. The molecule has 1 saturated heterocycles. The molecule has 0 amide bonds. The monoisotopic (exact) mass is 490 g/mol. The SMILES string of the molecule is CC.Cc1cc(Cl)cc2c(=O)oc(-c3cc(OC4CSC4)nn3-c3ncccc3Cl)nc12. The average Bonchev–Trinajstić information content (AvgIpc) is 3.17. The molecule has 1 aliphatic rings. The molecule has 0 spiro atoms. The Kier molecular flexibility index (Phi) is 6.74. The van der Waals surface area contributed by atoms with Crippen molar-refractivity contribution in [2.75, 3.05) is 11.5 Å². The van der Waals surface area contributed by atoms with Crippen molar-refractivity contribution in [3.05, 3.63) is 62.6 Å². The Morgan fingerprint density at radius 1 is 1.22 bits per heavy atom. The zero-order valence-corrected chi connectivity index (χ0v) is 20.0. The molecule has 32 heavy (non-hydrogen) atoms. The van der Waals surface area contributed by atoms with Crippen molar-refractivity contribution in [2.24, 2.45) is 0 Å². The molecule has 7 nitrogen and oxygen atoms in total. The number of rotatable bonds is 4. The van der Waals surface area contributed by atoms with E-state index in [9.17, 15) is 4.79 Å². The van der Waals surface area contributed by atoms with Gasteiger partial charge in [0.1, 0.15) is 11.8 Å². The van der Waals surface area contributed by atoms with E-state index in [4.69, 9.17) is 32.4 Å². The van der Waals surface area contributed by atoms with Gasteiger partial charge in [-0.15, -0.1) is 5.10 Å². The van der Waals surface area contributed by atoms with Gasteiger partial charge in [0.05, 0.1) is 15.9 Å². The fourth-order valence-corrected chi connectivity index (χ4v) is 4.17. The molecule has 0 unspecified atom stereocenters. The molecule has 1 fully saturated rings. The van der Waals surface area contributed by atoms with Crippen LogP contribution in [0, 0.1) is 6.92 Å². The van der Waals surface area contributed by atoms with Gasteiger partial charge in [0, 0.05) is 28.8 Å². The maximum absolute atomic E-state index is 12.7. The summed E-state index contributed by atoms with van der Waals surface area (Å²) < 4.78 is 12.9. The van der Waals surface area contributed by atoms with Gasteiger partial charge >= 0.3 is 5.63 Å². The van der Waals surface area contributed by atoms with Gasteiger partial charge in [0.2, 0.25) is 11.8 Å². The van der Waals surface area contributed by atoms with Crippen molar-refractivity contribution in [2.45, 2.75) is 26.9 Å². The normalized spacial score (nSPS) is 13.4. The molecule has 4 aromatic rings. The lowest BCUT2D eigenvalue weighted by Crippen LogP contribution is -2.31. The standard InChI is InChI=1S/C20H14Cl2N4O3S.C2H6/c1-10-5-11(21)6-13-17(10)24-19(29-20(13)27)15-7-16(28-12-8-30-9-12)25-26(15)18-14(22)3-2-4-23-18;1-2/h2-7,12H,8-9H2,1H3;1-2H3. The number of halogens is 2. The fourth-order valence-electron chi connectivity index (χ4n) is 3.13. The highest BCUT2D eigenvalue weighted by molar-refractivity contribution is 8.00. The van der Waals surface area contributed by atoms with E-state index < -0.39 is 5.63 Å². The summed E-state index contributed by atoms with van der Waals surface area (Å²) in [5.41, 5.74) is 1.13. The zero-order valence-electron chi connectivity index (χ0n) is 17.6. The number of aryl methyl sites for hydroxylation is 1. The predicted octanol–water partition coefficient (Wildman–Crippen LogP) is 5.57. The Labute approximate surface area is 198 Å². The Morgan fingerprint density at radius 2 is 2.00 bits per heavy atom. The first-order valence-electron chi connectivity index (χ1n) is 10.1. The average molecular weight is 491 g/mol. The molecule has 0 saturated carbocycles. The predicted molar refractivity (Wildman–Crippen MR) is 128 cm³/mol. The molecular weight excluding hydrogens is 471 g/mol. The van der Waals surface area contributed by atoms with E-state index in [1.807, 2.05) is 20.8 Å². The summed E-state index contributed by atoms with van der Waals surface area (Å²) in [5, 5.41) is 5.65. The minimum absolute atomic E-state index is 0.0879. The van der Waals surface area contributed by atoms with Crippen LogP contribution in [0.4, 0.5) is 0 Å². The summed E-state index contributed by atoms with van der Waals surface area (Å²) in [6.45, 7) is 5.83. The highest BCUT2D eigenvalue weighted by Crippen LogP contribution is 2.31. The number of thioether (sulfide) groups is 1. The van der Waals surface area contributed by atoms with E-state index in [1.54, 1.807) is 48.3 Å². The van der Waals surface area contributed by atoms with Gasteiger partial charge < -0.3 is 9.15 Å². The van der Waals surface area contributed by atoms with Crippen LogP contribution in [0.25, 0.3) is 28.3 Å². The van der Waals surface area contributed by atoms with Crippen molar-refractivity contribution in [3.63, 3.8) is 0 Å². The zero-order chi connectivity index (χ0) is 22.8. The van der Waals surface area contributed by atoms with E-state index in [2.05, 4.69) is 15.1 Å². The van der Waals surface area contributed by atoms with Crippen LogP contribution in [0.1, 0.15) is 19.4 Å². The van der Waals surface area contributed by atoms with Crippen molar-refractivity contribution >= 4 is 45.9 Å². The Hall–Kier alpha value is -2.55. The third kappa shape index (κ3) is 4.35. The molecule has 0 N–H and O–H groups in total. The number of hydrogen-bond donors (Lipinski definition) is 0. The molecule has 166 valence electrons. The number of pyridine rings is 1. The Balaban J connectivity index is 0.00000119. The Morgan fingerprint density at radius 3 is 2.69 bits per heavy atom. The van der Waals surface area contributed by atoms with E-state index in [0.717, 1.165) is 17.1 Å². The molecule has 0 atom stereocenters. The highest BCUT2D eigenvalue weighted by Gasteiger charge is 2.25. The van der Waals surface area contributed by atoms with Crippen molar-refractivity contribution in [1.82, 2.24) is 19.7 Å². The van der Waals surface area contributed by atoms with Gasteiger partial charge in [0.15, 0.2) is 5.82 Å². The van der Waals surface area contributed by atoms with Crippen molar-refractivity contribution in [3.8, 4) is 23.3 Å². The molecule has 3 aromatic heterocycles. The van der Waals surface area contributed by atoms with Crippen LogP contribution >= 0.6 is 35.0 Å². The van der Waals surface area contributed by atoms with Crippen LogP contribution in [0.15, 0.2) is 45.7 Å². The molecule has 0 bridgehead atoms. The Bertz CT molecular complexity index is 1330. The first-order valence-corrected chi connectivity index (χ1v) is 12.0. The van der Waals surface area contributed by atoms with E-state index >= 15 is 0 Å². The number of nitrogens with zero attached hydrogens (tertiary/aromatic N) is 4. The molecule has 4 heterocycles. The lowest BCUT2D eigenvalue weighted by molar-refractivity contribution is 0.229. The summed E-state index contributed by atoms with van der Waals surface area (Å²) in [4.78, 5) is 21.6. The summed E-state index contributed by atoms with van der Waals surface area (Å²) >= 11 is 14.2. The third-order valence-electron chi connectivity index (χ3n) is 4.63. The molecule has 1 aromatic carbocycles. The van der Waals surface area contributed by atoms with Crippen LogP contribution in [0.3, 0.4) is 0 Å². The summed E-state index contributed by atoms with van der Waals surface area (Å²) in [7, 11) is 0. The van der Waals surface area contributed by atoms with Crippen molar-refractivity contribution < 1.29 is 9.15 Å². The maximum atomic E-state index is 12.7. The lowest BCUT2D eigenvalue weighted by atomic mass is 10.1. The second kappa shape index (κ2) is 9.52. The highest BCUT2D eigenvalue weighted by atomic mass is 35.5. The molecule has 10 heteroatoms. The quantitative estimate of drug-likeness (QED) is 0.369. The topological polar surface area (TPSA) is 83.0 Å². The van der Waals surface area contributed by atoms with Gasteiger partial charge in [-0.3, -0.25) is 0 Å². The first-order chi connectivity index (χ1) is 15.5. The van der Waals surface area contributed by atoms with Gasteiger partial charge in [-0.1, -0.05) is 37.0 Å². The first kappa shape index (κ1) is 22.6. The largest absolute Gasteiger partial charge is 0.472 e. The molecule has 0 radical (unpaired) electrons. The van der Waals surface area contributed by atoms with Crippen LogP contribution < -0.4 is 10.4 Å². The summed E-state index contributed by atoms with van der Waals surface area (Å²) in [5.74, 6) is 2.65. The molecule has 1 aliphatic heterocycles. The van der Waals surface area contributed by atoms with Crippen LogP contribution in [0.2, 0.25) is 10.0 Å². The van der Waals surface area contributed by atoms with E-state index in [-0.39, 0.29) is 12.0 Å². The van der Waals surface area contributed by atoms with E-state index in [1.165, 1.54) is 4.68 Å². The van der Waals surface area contributed by atoms with Crippen molar-refractivity contribution in [1.29, 1.82) is 0 Å². The smallest absolute Gasteiger partial charge is 0.347 e. The van der Waals surface area contributed by atoms with Crippen LogP contribution in [-0.2, 0) is 0 Å². The summed E-state index contributed by atoms with van der Waals surface area (Å²) in [6.07, 6.45) is 1.69. The lowest BCUT2D eigenvalue weighted by Gasteiger charge is -2.24. The number of benzene rings is 1. The van der Waals surface area contributed by atoms with Gasteiger partial charge in [-0.25, -0.2) is 19.4 Å². The minimum atomic E-state index is -0.543. The van der Waals surface area contributed by atoms with E-state index in [0.29, 0.717) is 38.3 Å². The van der Waals surface area contributed by atoms with Gasteiger partial charge in [-0.05, 0) is 36.8 Å². The van der Waals surface area contributed by atoms with Crippen LogP contribution in [-0.4, -0.2) is 37.4 Å². The fraction of sp³-hybridized carbons (Fsp3) is 0.273. The number of ether oxygens (including phenoxy) is 1. The molecule has 0 aliphatic carbocycles.